The number of benzene rings is 4. The molecule has 2 aliphatic rings. The standard InChI is InChI=1S/C53H74Cl3NO12Si3/c1-50(2,3)70(10,11)69-47-41(57-49(62)63-34-53(54,55)56)43(59)46(40(67-47)33-65-72(52(7,8)9,37-28-20-14-21-29-37)38-30-22-15-23-31-38)68-48-45(61)44(60)42(58)39(66-48)32-64-71(51(4,5)6,35-24-16-12-17-25-35)36-26-18-13-19-27-36/h12-31,39-48,58-61H,32-34H2,1-11H3,(H,57,62)/t39-,40-,41-,42+,43-,44+,45-,46-,47+,48+/m1/s1. The van der Waals surface area contributed by atoms with Crippen LogP contribution in [0.5, 0.6) is 0 Å². The zero-order chi connectivity index (χ0) is 53.1. The highest BCUT2D eigenvalue weighted by molar-refractivity contribution is 7.00. The third kappa shape index (κ3) is 12.9. The van der Waals surface area contributed by atoms with Crippen molar-refractivity contribution < 1.29 is 57.4 Å². The van der Waals surface area contributed by atoms with Gasteiger partial charge in [0.1, 0.15) is 55.4 Å². The van der Waals surface area contributed by atoms with Crippen molar-refractivity contribution in [2.75, 3.05) is 19.8 Å². The van der Waals surface area contributed by atoms with Gasteiger partial charge in [-0.05, 0) is 49.0 Å². The predicted octanol–water partition coefficient (Wildman–Crippen LogP) is 6.91. The lowest BCUT2D eigenvalue weighted by Crippen LogP contribution is -2.71. The van der Waals surface area contributed by atoms with Gasteiger partial charge in [-0.3, -0.25) is 0 Å². The SMILES string of the molecule is CC(C)(C)[Si](C)(C)O[C@@H]1O[C@H](CO[Si](c2ccccc2)(c2ccccc2)C(C)(C)C)[C@@H](O[C@@H]2O[C@H](CO[Si](c3ccccc3)(c3ccccc3)C(C)(C)C)[C@H](O)[C@H](O)[C@H]2O)[C@H](O)[C@H]1NC(=O)OCC(Cl)(Cl)Cl. The Labute approximate surface area is 443 Å². The van der Waals surface area contributed by atoms with E-state index in [-0.39, 0.29) is 18.3 Å². The minimum absolute atomic E-state index is 0.189. The molecule has 4 aromatic carbocycles. The van der Waals surface area contributed by atoms with Gasteiger partial charge in [-0.2, -0.15) is 0 Å². The molecule has 6 rings (SSSR count). The number of nitrogens with one attached hydrogen (secondary N) is 1. The third-order valence-electron chi connectivity index (χ3n) is 14.3. The van der Waals surface area contributed by atoms with Crippen LogP contribution in [-0.2, 0) is 32.2 Å². The number of rotatable bonds is 16. The van der Waals surface area contributed by atoms with E-state index in [0.29, 0.717) is 0 Å². The molecule has 0 radical (unpaired) electrons. The van der Waals surface area contributed by atoms with Crippen molar-refractivity contribution in [2.45, 2.75) is 156 Å². The Morgan fingerprint density at radius 3 is 1.32 bits per heavy atom. The first-order chi connectivity index (χ1) is 33.5. The summed E-state index contributed by atoms with van der Waals surface area (Å²) in [5, 5.41) is 53.2. The lowest BCUT2D eigenvalue weighted by molar-refractivity contribution is -0.343. The summed E-state index contributed by atoms with van der Waals surface area (Å²) in [5.74, 6) is 0. The third-order valence-corrected chi connectivity index (χ3v) is 29.0. The smallest absolute Gasteiger partial charge is 0.407 e. The van der Waals surface area contributed by atoms with Crippen molar-refractivity contribution in [2.24, 2.45) is 0 Å². The molecule has 13 nitrogen and oxygen atoms in total. The van der Waals surface area contributed by atoms with Gasteiger partial charge in [0.15, 0.2) is 20.9 Å². The Morgan fingerprint density at radius 1 is 0.556 bits per heavy atom. The number of halogens is 3. The van der Waals surface area contributed by atoms with Gasteiger partial charge < -0.3 is 58.0 Å². The number of carbonyl (C=O) groups is 1. The fourth-order valence-electron chi connectivity index (χ4n) is 9.53. The number of alkyl carbamates (subject to hydrolysis) is 1. The monoisotopic (exact) mass is 1110 g/mol. The second-order valence-corrected chi connectivity index (χ2v) is 38.2. The summed E-state index contributed by atoms with van der Waals surface area (Å²) in [7, 11) is -9.28. The van der Waals surface area contributed by atoms with Crippen LogP contribution in [0.3, 0.4) is 0 Å². The summed E-state index contributed by atoms with van der Waals surface area (Å²) in [6, 6.07) is 38.4. The van der Waals surface area contributed by atoms with Gasteiger partial charge in [-0.1, -0.05) is 218 Å². The molecular weight excluding hydrogens is 1030 g/mol. The van der Waals surface area contributed by atoms with Gasteiger partial charge in [-0.15, -0.1) is 0 Å². The van der Waals surface area contributed by atoms with Gasteiger partial charge in [0.25, 0.3) is 16.6 Å². The fourth-order valence-corrected chi connectivity index (χ4v) is 20.0. The van der Waals surface area contributed by atoms with Crippen molar-refractivity contribution in [3.8, 4) is 0 Å². The first-order valence-corrected chi connectivity index (χ1v) is 32.3. The lowest BCUT2D eigenvalue weighted by atomic mass is 9.95. The van der Waals surface area contributed by atoms with Crippen molar-refractivity contribution in [1.29, 1.82) is 0 Å². The first kappa shape index (κ1) is 58.5. The molecule has 2 aliphatic heterocycles. The summed E-state index contributed by atoms with van der Waals surface area (Å²) in [6.45, 7) is 21.8. The van der Waals surface area contributed by atoms with E-state index in [4.69, 9.17) is 67.0 Å². The van der Waals surface area contributed by atoms with Gasteiger partial charge in [0.05, 0.1) is 13.2 Å². The molecule has 0 spiro atoms. The lowest BCUT2D eigenvalue weighted by Gasteiger charge is -2.51. The van der Waals surface area contributed by atoms with Crippen LogP contribution in [0.2, 0.25) is 28.2 Å². The molecule has 4 aromatic rings. The number of ether oxygens (including phenoxy) is 4. The van der Waals surface area contributed by atoms with Crippen LogP contribution in [0.4, 0.5) is 4.79 Å². The maximum Gasteiger partial charge on any atom is 0.407 e. The van der Waals surface area contributed by atoms with Crippen LogP contribution in [0.15, 0.2) is 121 Å². The maximum atomic E-state index is 13.6. The molecule has 0 bridgehead atoms. The summed E-state index contributed by atoms with van der Waals surface area (Å²) >= 11 is 17.9. The molecule has 2 heterocycles. The van der Waals surface area contributed by atoms with Crippen LogP contribution >= 0.6 is 34.8 Å². The van der Waals surface area contributed by atoms with Crippen LogP contribution in [0.25, 0.3) is 0 Å². The van der Waals surface area contributed by atoms with E-state index in [1.165, 1.54) is 0 Å². The number of alkyl halides is 3. The number of aliphatic hydroxyl groups is 4. The second-order valence-electron chi connectivity index (χ2n) is 22.3. The Morgan fingerprint density at radius 2 is 0.944 bits per heavy atom. The van der Waals surface area contributed by atoms with E-state index in [2.05, 4.69) is 71.1 Å². The molecule has 1 amide bonds. The average molecular weight is 1110 g/mol. The first-order valence-electron chi connectivity index (χ1n) is 24.4. The molecule has 0 aromatic heterocycles. The maximum absolute atomic E-state index is 13.6. The van der Waals surface area contributed by atoms with E-state index in [1.807, 2.05) is 131 Å². The van der Waals surface area contributed by atoms with Gasteiger partial charge in [-0.25, -0.2) is 4.79 Å². The van der Waals surface area contributed by atoms with Gasteiger partial charge >= 0.3 is 6.09 Å². The number of aliphatic hydroxyl groups excluding tert-OH is 4. The number of hydrogen-bond acceptors (Lipinski definition) is 12. The van der Waals surface area contributed by atoms with Crippen LogP contribution in [0.1, 0.15) is 62.3 Å². The van der Waals surface area contributed by atoms with E-state index in [1.54, 1.807) is 0 Å². The molecule has 0 unspecified atom stereocenters. The molecule has 0 aliphatic carbocycles. The molecule has 19 heteroatoms. The number of carbonyl (C=O) groups excluding carboxylic acids is 1. The Hall–Kier alpha value is -2.73. The molecule has 2 fully saturated rings. The highest BCUT2D eigenvalue weighted by atomic mass is 35.6. The van der Waals surface area contributed by atoms with E-state index in [0.717, 1.165) is 20.7 Å². The van der Waals surface area contributed by atoms with E-state index >= 15 is 0 Å². The highest BCUT2D eigenvalue weighted by Crippen LogP contribution is 2.42. The van der Waals surface area contributed by atoms with Gasteiger partial charge in [0.2, 0.25) is 3.79 Å². The summed E-state index contributed by atoms with van der Waals surface area (Å²) in [4.78, 5) is 13.6. The van der Waals surface area contributed by atoms with Gasteiger partial charge in [0, 0.05) is 0 Å². The molecule has 2 saturated heterocycles. The Kier molecular flexibility index (Phi) is 18.9. The highest BCUT2D eigenvalue weighted by Gasteiger charge is 2.57. The van der Waals surface area contributed by atoms with Crippen LogP contribution in [0, 0.1) is 0 Å². The van der Waals surface area contributed by atoms with Crippen molar-refractivity contribution >= 4 is 86.6 Å². The topological polar surface area (TPSA) is 175 Å². The molecule has 396 valence electrons. The molecule has 10 atom stereocenters. The molecular formula is C53H74Cl3NO12Si3. The second kappa shape index (κ2) is 23.3. The Balaban J connectivity index is 1.42. The molecule has 0 saturated carbocycles. The zero-order valence-electron chi connectivity index (χ0n) is 43.1. The fraction of sp³-hybridized carbons (Fsp3) is 0.528. The number of hydrogen-bond donors (Lipinski definition) is 5. The van der Waals surface area contributed by atoms with E-state index in [9.17, 15) is 25.2 Å². The zero-order valence-corrected chi connectivity index (χ0v) is 48.4. The van der Waals surface area contributed by atoms with Crippen molar-refractivity contribution in [3.63, 3.8) is 0 Å². The Bertz CT molecular complexity index is 2260. The minimum Gasteiger partial charge on any atom is -0.445 e. The summed E-state index contributed by atoms with van der Waals surface area (Å²) in [5.41, 5.74) is 0. The predicted molar refractivity (Wildman–Crippen MR) is 290 cm³/mol. The van der Waals surface area contributed by atoms with Crippen LogP contribution in [-0.4, -0.2) is 136 Å². The average Bonchev–Trinajstić information content (AvgIpc) is 3.31. The number of amides is 1. The normalized spacial score (nSPS) is 26.0. The summed E-state index contributed by atoms with van der Waals surface area (Å²) in [6.07, 6.45) is -14.9. The molecule has 72 heavy (non-hydrogen) atoms. The summed E-state index contributed by atoms with van der Waals surface area (Å²) < 4.78 is 44.9. The van der Waals surface area contributed by atoms with Crippen molar-refractivity contribution in [3.05, 3.63) is 121 Å². The largest absolute Gasteiger partial charge is 0.445 e. The van der Waals surface area contributed by atoms with Crippen molar-refractivity contribution in [1.82, 2.24) is 5.32 Å². The minimum atomic E-state index is -3.30. The quantitative estimate of drug-likeness (QED) is 0.0581. The van der Waals surface area contributed by atoms with E-state index < -0.39 is 113 Å². The molecule has 5 N–H and O–H groups in total. The van der Waals surface area contributed by atoms with Crippen LogP contribution < -0.4 is 26.1 Å².